The second kappa shape index (κ2) is 6.05. The molecule has 2 aromatic heterocycles. The van der Waals surface area contributed by atoms with Crippen molar-refractivity contribution >= 4 is 11.7 Å². The lowest BCUT2D eigenvalue weighted by Crippen LogP contribution is -2.41. The lowest BCUT2D eigenvalue weighted by atomic mass is 9.95. The molecule has 22 heavy (non-hydrogen) atoms. The van der Waals surface area contributed by atoms with Crippen molar-refractivity contribution < 1.29 is 9.59 Å². The first-order valence-electron chi connectivity index (χ1n) is 7.27. The minimum atomic E-state index is -0.500. The first-order valence-corrected chi connectivity index (χ1v) is 7.27. The zero-order valence-electron chi connectivity index (χ0n) is 12.3. The van der Waals surface area contributed by atoms with Crippen LogP contribution in [0.1, 0.15) is 40.8 Å². The number of likely N-dealkylation sites (tertiary alicyclic amines) is 1. The van der Waals surface area contributed by atoms with E-state index in [2.05, 4.69) is 20.2 Å². The Balaban J connectivity index is 1.61. The van der Waals surface area contributed by atoms with Gasteiger partial charge in [0.1, 0.15) is 5.82 Å². The van der Waals surface area contributed by atoms with Crippen LogP contribution in [0, 0.1) is 6.92 Å². The summed E-state index contributed by atoms with van der Waals surface area (Å²) in [6, 6.07) is 3.26. The van der Waals surface area contributed by atoms with Crippen LogP contribution in [-0.4, -0.2) is 49.8 Å². The fourth-order valence-electron chi connectivity index (χ4n) is 2.65. The minimum Gasteiger partial charge on any atom is -0.336 e. The molecule has 0 aromatic carbocycles. The van der Waals surface area contributed by atoms with E-state index >= 15 is 0 Å². The summed E-state index contributed by atoms with van der Waals surface area (Å²) in [5, 5.41) is 7.01. The Kier molecular flexibility index (Phi) is 3.95. The van der Waals surface area contributed by atoms with Crippen LogP contribution in [0.4, 0.5) is 0 Å². The number of hydrogen-bond donors (Lipinski definition) is 1. The van der Waals surface area contributed by atoms with E-state index in [1.54, 1.807) is 23.2 Å². The van der Waals surface area contributed by atoms with Gasteiger partial charge < -0.3 is 4.90 Å². The zero-order chi connectivity index (χ0) is 15.5. The third kappa shape index (κ3) is 2.88. The van der Waals surface area contributed by atoms with Crippen molar-refractivity contribution in [1.82, 2.24) is 25.1 Å². The maximum atomic E-state index is 12.3. The van der Waals surface area contributed by atoms with Crippen LogP contribution in [0.2, 0.25) is 0 Å². The van der Waals surface area contributed by atoms with Gasteiger partial charge in [0, 0.05) is 37.0 Å². The van der Waals surface area contributed by atoms with Crippen molar-refractivity contribution in [2.45, 2.75) is 25.7 Å². The minimum absolute atomic E-state index is 0.238. The van der Waals surface area contributed by atoms with Crippen molar-refractivity contribution in [3.05, 3.63) is 41.7 Å². The van der Waals surface area contributed by atoms with Crippen molar-refractivity contribution in [2.75, 3.05) is 13.1 Å². The molecule has 0 bridgehead atoms. The molecular formula is C15H17N5O2. The van der Waals surface area contributed by atoms with E-state index in [1.165, 1.54) is 6.20 Å². The highest BCUT2D eigenvalue weighted by atomic mass is 16.2. The van der Waals surface area contributed by atoms with Gasteiger partial charge in [-0.3, -0.25) is 19.7 Å². The molecule has 7 heteroatoms. The molecule has 1 aliphatic heterocycles. The van der Waals surface area contributed by atoms with E-state index in [-0.39, 0.29) is 5.92 Å². The molecule has 0 saturated carbocycles. The largest absolute Gasteiger partial charge is 0.336 e. The van der Waals surface area contributed by atoms with Gasteiger partial charge >= 0.3 is 0 Å². The number of amides is 1. The van der Waals surface area contributed by atoms with Gasteiger partial charge in [0.15, 0.2) is 5.82 Å². The quantitative estimate of drug-likeness (QED) is 0.676. The molecule has 0 aliphatic carbocycles. The topological polar surface area (TPSA) is 91.8 Å². The first kappa shape index (κ1) is 14.4. The smallest absolute Gasteiger partial charge is 0.295 e. The number of H-pyrrole nitrogens is 1. The molecule has 1 aliphatic rings. The Morgan fingerprint density at radius 1 is 1.32 bits per heavy atom. The number of hydrogen-bond acceptors (Lipinski definition) is 5. The molecule has 7 nitrogen and oxygen atoms in total. The highest BCUT2D eigenvalue weighted by Crippen LogP contribution is 2.25. The monoisotopic (exact) mass is 299 g/mol. The van der Waals surface area contributed by atoms with Crippen molar-refractivity contribution in [3.8, 4) is 0 Å². The van der Waals surface area contributed by atoms with Crippen LogP contribution in [0.3, 0.4) is 0 Å². The number of aromatic amines is 1. The van der Waals surface area contributed by atoms with Crippen molar-refractivity contribution in [2.24, 2.45) is 0 Å². The summed E-state index contributed by atoms with van der Waals surface area (Å²) in [5.41, 5.74) is 0.333. The molecule has 0 atom stereocenters. The number of rotatable bonds is 3. The van der Waals surface area contributed by atoms with E-state index in [0.717, 1.165) is 24.5 Å². The number of carbonyl (C=O) groups excluding carboxylic acids is 2. The molecule has 114 valence electrons. The number of ketones is 1. The average Bonchev–Trinajstić information content (AvgIpc) is 3.01. The highest BCUT2D eigenvalue weighted by molar-refractivity contribution is 6.42. The van der Waals surface area contributed by atoms with E-state index in [1.807, 2.05) is 6.92 Å². The van der Waals surface area contributed by atoms with Gasteiger partial charge in [-0.15, -0.1) is 0 Å². The van der Waals surface area contributed by atoms with Crippen LogP contribution in [0.5, 0.6) is 0 Å². The molecule has 3 heterocycles. The van der Waals surface area contributed by atoms with Gasteiger partial charge in [0.25, 0.3) is 11.7 Å². The number of piperidine rings is 1. The number of carbonyl (C=O) groups is 2. The fraction of sp³-hybridized carbons (Fsp3) is 0.400. The van der Waals surface area contributed by atoms with Gasteiger partial charge in [-0.05, 0) is 31.9 Å². The maximum Gasteiger partial charge on any atom is 0.295 e. The van der Waals surface area contributed by atoms with Crippen molar-refractivity contribution in [3.63, 3.8) is 0 Å². The second-order valence-corrected chi connectivity index (χ2v) is 5.42. The molecule has 1 fully saturated rings. The Hall–Kier alpha value is -2.57. The molecule has 0 spiro atoms. The molecule has 1 N–H and O–H groups in total. The third-order valence-corrected chi connectivity index (χ3v) is 3.88. The summed E-state index contributed by atoms with van der Waals surface area (Å²) in [4.78, 5) is 34.2. The zero-order valence-corrected chi connectivity index (χ0v) is 12.3. The number of pyridine rings is 1. The van der Waals surface area contributed by atoms with Gasteiger partial charge in [0.05, 0.1) is 0 Å². The van der Waals surface area contributed by atoms with Gasteiger partial charge in [-0.25, -0.2) is 4.98 Å². The summed E-state index contributed by atoms with van der Waals surface area (Å²) in [6.45, 7) is 2.95. The molecule has 3 rings (SSSR count). The number of nitrogens with one attached hydrogen (secondary N) is 1. The number of Topliss-reactive ketones (excluding diaryl/α,β-unsaturated/α-hetero) is 1. The second-order valence-electron chi connectivity index (χ2n) is 5.42. The lowest BCUT2D eigenvalue weighted by Gasteiger charge is -2.30. The van der Waals surface area contributed by atoms with Crippen LogP contribution in [0.25, 0.3) is 0 Å². The average molecular weight is 299 g/mol. The number of nitrogens with zero attached hydrogens (tertiary/aromatic N) is 4. The summed E-state index contributed by atoms with van der Waals surface area (Å²) in [7, 11) is 0. The fourth-order valence-corrected chi connectivity index (χ4v) is 2.65. The summed E-state index contributed by atoms with van der Waals surface area (Å²) in [6.07, 6.45) is 4.53. The lowest BCUT2D eigenvalue weighted by molar-refractivity contribution is -0.127. The predicted molar refractivity (Wildman–Crippen MR) is 78.2 cm³/mol. The van der Waals surface area contributed by atoms with E-state index < -0.39 is 11.7 Å². The Morgan fingerprint density at radius 3 is 2.68 bits per heavy atom. The van der Waals surface area contributed by atoms with Crippen LogP contribution < -0.4 is 0 Å². The Labute approximate surface area is 127 Å². The summed E-state index contributed by atoms with van der Waals surface area (Å²) in [5.74, 6) is 0.865. The number of aromatic nitrogens is 4. The van der Waals surface area contributed by atoms with Gasteiger partial charge in [-0.1, -0.05) is 0 Å². The first-order chi connectivity index (χ1) is 10.6. The molecule has 2 aromatic rings. The summed E-state index contributed by atoms with van der Waals surface area (Å²) < 4.78 is 0. The third-order valence-electron chi connectivity index (χ3n) is 3.88. The SMILES string of the molecule is Cc1nc(C2CCN(C(=O)C(=O)c3cccnc3)CC2)n[nH]1. The van der Waals surface area contributed by atoms with E-state index in [4.69, 9.17) is 0 Å². The highest BCUT2D eigenvalue weighted by Gasteiger charge is 2.29. The predicted octanol–water partition coefficient (Wildman–Crippen LogP) is 1.10. The Morgan fingerprint density at radius 2 is 2.09 bits per heavy atom. The standard InChI is InChI=1S/C15H17N5O2/c1-10-17-14(19-18-10)11-4-7-20(8-5-11)15(22)13(21)12-3-2-6-16-9-12/h2-3,6,9,11H,4-5,7-8H2,1H3,(H,17,18,19). The molecule has 0 unspecified atom stereocenters. The molecule has 1 saturated heterocycles. The van der Waals surface area contributed by atoms with Crippen LogP contribution in [0.15, 0.2) is 24.5 Å². The van der Waals surface area contributed by atoms with E-state index in [9.17, 15) is 9.59 Å². The normalized spacial score (nSPS) is 15.8. The Bertz CT molecular complexity index is 674. The van der Waals surface area contributed by atoms with E-state index in [0.29, 0.717) is 18.7 Å². The maximum absolute atomic E-state index is 12.3. The molecule has 0 radical (unpaired) electrons. The molecule has 1 amide bonds. The van der Waals surface area contributed by atoms with Crippen LogP contribution in [-0.2, 0) is 4.79 Å². The van der Waals surface area contributed by atoms with Crippen LogP contribution >= 0.6 is 0 Å². The van der Waals surface area contributed by atoms with Gasteiger partial charge in [0.2, 0.25) is 0 Å². The van der Waals surface area contributed by atoms with Gasteiger partial charge in [-0.2, -0.15) is 5.10 Å². The summed E-state index contributed by atoms with van der Waals surface area (Å²) >= 11 is 0. The molecular weight excluding hydrogens is 282 g/mol. The number of aryl methyl sites for hydroxylation is 1. The van der Waals surface area contributed by atoms with Crippen molar-refractivity contribution in [1.29, 1.82) is 0 Å².